The Bertz CT molecular complexity index is 1230. The fraction of sp³-hybridized carbons (Fsp3) is 0.136. The van der Waals surface area contributed by atoms with Crippen molar-refractivity contribution in [1.29, 1.82) is 0 Å². The van der Waals surface area contributed by atoms with Gasteiger partial charge in [0.25, 0.3) is 5.91 Å². The van der Waals surface area contributed by atoms with Gasteiger partial charge in [0, 0.05) is 16.2 Å². The molecule has 0 aliphatic carbocycles. The lowest BCUT2D eigenvalue weighted by molar-refractivity contribution is 0.0982. The number of pyridine rings is 1. The van der Waals surface area contributed by atoms with E-state index >= 15 is 0 Å². The molecule has 0 atom stereocenters. The fourth-order valence-electron chi connectivity index (χ4n) is 3.08. The van der Waals surface area contributed by atoms with E-state index in [0.29, 0.717) is 26.5 Å². The van der Waals surface area contributed by atoms with Crippen molar-refractivity contribution in [3.63, 3.8) is 0 Å². The van der Waals surface area contributed by atoms with Crippen molar-refractivity contribution in [2.75, 3.05) is 12.0 Å². The van der Waals surface area contributed by atoms with Gasteiger partial charge in [-0.05, 0) is 55.0 Å². The van der Waals surface area contributed by atoms with Gasteiger partial charge in [0.05, 0.1) is 35.1 Å². The molecule has 0 N–H and O–H groups in total. The van der Waals surface area contributed by atoms with Crippen LogP contribution in [0.5, 0.6) is 5.75 Å². The number of thiazole rings is 1. The number of fused-ring (bicyclic) bond motifs is 1. The molecule has 2 aromatic heterocycles. The van der Waals surface area contributed by atoms with E-state index in [2.05, 4.69) is 4.98 Å². The average molecular weight is 458 g/mol. The van der Waals surface area contributed by atoms with Gasteiger partial charge >= 0.3 is 0 Å². The molecule has 4 aromatic rings. The lowest BCUT2D eigenvalue weighted by atomic mass is 10.1. The highest BCUT2D eigenvalue weighted by Crippen LogP contribution is 2.35. The molecule has 0 saturated heterocycles. The maximum Gasteiger partial charge on any atom is 0.264 e. The van der Waals surface area contributed by atoms with E-state index in [1.807, 2.05) is 37.3 Å². The molecule has 0 radical (unpaired) electrons. The molecule has 2 aromatic carbocycles. The topological polar surface area (TPSA) is 55.3 Å². The number of rotatable bonds is 5. The predicted molar refractivity (Wildman–Crippen MR) is 122 cm³/mol. The summed E-state index contributed by atoms with van der Waals surface area (Å²) in [6.45, 7) is 2.17. The van der Waals surface area contributed by atoms with Gasteiger partial charge in [-0.1, -0.05) is 40.6 Å². The van der Waals surface area contributed by atoms with Crippen LogP contribution in [0.4, 0.5) is 5.13 Å². The van der Waals surface area contributed by atoms with Gasteiger partial charge in [0.2, 0.25) is 0 Å². The second-order valence-corrected chi connectivity index (χ2v) is 8.43. The first-order chi connectivity index (χ1) is 14.5. The number of carbonyl (C=O) groups is 1. The lowest BCUT2D eigenvalue weighted by Gasteiger charge is -2.21. The molecule has 8 heteroatoms. The lowest BCUT2D eigenvalue weighted by Crippen LogP contribution is -2.31. The van der Waals surface area contributed by atoms with E-state index in [4.69, 9.17) is 32.9 Å². The van der Waals surface area contributed by atoms with Crippen molar-refractivity contribution in [3.05, 3.63) is 81.6 Å². The maximum absolute atomic E-state index is 13.6. The van der Waals surface area contributed by atoms with Crippen LogP contribution >= 0.6 is 34.5 Å². The summed E-state index contributed by atoms with van der Waals surface area (Å²) in [5, 5.41) is 1.63. The summed E-state index contributed by atoms with van der Waals surface area (Å²) in [4.78, 5) is 24.3. The van der Waals surface area contributed by atoms with E-state index in [1.165, 1.54) is 18.4 Å². The van der Waals surface area contributed by atoms with Gasteiger partial charge in [0.15, 0.2) is 5.13 Å². The molecule has 0 spiro atoms. The molecular formula is C22H17Cl2N3O2S. The highest BCUT2D eigenvalue weighted by molar-refractivity contribution is 7.22. The summed E-state index contributed by atoms with van der Waals surface area (Å²) in [5.74, 6) is 0.165. The van der Waals surface area contributed by atoms with Gasteiger partial charge in [-0.3, -0.25) is 14.7 Å². The molecule has 0 saturated carbocycles. The molecule has 0 unspecified atom stereocenters. The Morgan fingerprint density at radius 3 is 2.73 bits per heavy atom. The Morgan fingerprint density at radius 2 is 2.00 bits per heavy atom. The normalized spacial score (nSPS) is 10.9. The van der Waals surface area contributed by atoms with Crippen LogP contribution in [0.15, 0.2) is 54.7 Å². The van der Waals surface area contributed by atoms with Crippen LogP contribution < -0.4 is 9.64 Å². The second kappa shape index (κ2) is 8.60. The number of carbonyl (C=O) groups excluding carboxylic acids is 1. The maximum atomic E-state index is 13.6. The Morgan fingerprint density at radius 1 is 1.17 bits per heavy atom. The van der Waals surface area contributed by atoms with Gasteiger partial charge in [-0.15, -0.1) is 0 Å². The van der Waals surface area contributed by atoms with Crippen LogP contribution in [-0.4, -0.2) is 23.0 Å². The zero-order valence-corrected chi connectivity index (χ0v) is 18.6. The van der Waals surface area contributed by atoms with Crippen LogP contribution in [0, 0.1) is 6.92 Å². The molecule has 5 nitrogen and oxygen atoms in total. The molecular weight excluding hydrogens is 441 g/mol. The SMILES string of the molecule is COc1ccc(Cl)cc1C(=O)N(Cc1ccccn1)c1nc2c(C)c(Cl)ccc2s1. The van der Waals surface area contributed by atoms with E-state index in [1.54, 1.807) is 29.3 Å². The third-order valence-corrected chi connectivity index (χ3v) is 6.34. The Labute approximate surface area is 187 Å². The van der Waals surface area contributed by atoms with Crippen molar-refractivity contribution >= 4 is 55.8 Å². The van der Waals surface area contributed by atoms with Crippen molar-refractivity contribution in [1.82, 2.24) is 9.97 Å². The number of aryl methyl sites for hydroxylation is 1. The van der Waals surface area contributed by atoms with Crippen LogP contribution in [0.1, 0.15) is 21.6 Å². The monoisotopic (exact) mass is 457 g/mol. The number of anilines is 1. The predicted octanol–water partition coefficient (Wildman–Crippen LogP) is 6.16. The molecule has 152 valence electrons. The van der Waals surface area contributed by atoms with E-state index in [-0.39, 0.29) is 12.5 Å². The molecule has 1 amide bonds. The van der Waals surface area contributed by atoms with E-state index in [9.17, 15) is 4.79 Å². The fourth-order valence-corrected chi connectivity index (χ4v) is 4.42. The van der Waals surface area contributed by atoms with E-state index in [0.717, 1.165) is 21.5 Å². The smallest absolute Gasteiger partial charge is 0.264 e. The zero-order valence-electron chi connectivity index (χ0n) is 16.2. The molecule has 30 heavy (non-hydrogen) atoms. The Balaban J connectivity index is 1.84. The van der Waals surface area contributed by atoms with Crippen LogP contribution in [-0.2, 0) is 6.54 Å². The number of ether oxygens (including phenoxy) is 1. The summed E-state index contributed by atoms with van der Waals surface area (Å²) in [7, 11) is 1.52. The minimum atomic E-state index is -0.275. The number of halogens is 2. The second-order valence-electron chi connectivity index (χ2n) is 6.57. The third kappa shape index (κ3) is 3.99. The molecule has 4 rings (SSSR count). The quantitative estimate of drug-likeness (QED) is 0.359. The van der Waals surface area contributed by atoms with Crippen LogP contribution in [0.3, 0.4) is 0 Å². The van der Waals surface area contributed by atoms with Crippen molar-refractivity contribution in [2.45, 2.75) is 13.5 Å². The first-order valence-corrected chi connectivity index (χ1v) is 10.7. The van der Waals surface area contributed by atoms with Crippen molar-refractivity contribution in [3.8, 4) is 5.75 Å². The molecule has 0 bridgehead atoms. The molecule has 0 aliphatic heterocycles. The minimum absolute atomic E-state index is 0.252. The Kier molecular flexibility index (Phi) is 5.90. The van der Waals surface area contributed by atoms with Gasteiger partial charge < -0.3 is 4.74 Å². The van der Waals surface area contributed by atoms with Gasteiger partial charge in [0.1, 0.15) is 5.75 Å². The van der Waals surface area contributed by atoms with Crippen molar-refractivity contribution < 1.29 is 9.53 Å². The molecule has 0 aliphatic rings. The number of benzene rings is 2. The van der Waals surface area contributed by atoms with Gasteiger partial charge in [-0.2, -0.15) is 0 Å². The summed E-state index contributed by atoms with van der Waals surface area (Å²) in [6.07, 6.45) is 1.69. The first-order valence-electron chi connectivity index (χ1n) is 9.09. The number of nitrogens with zero attached hydrogens (tertiary/aromatic N) is 3. The van der Waals surface area contributed by atoms with Crippen molar-refractivity contribution in [2.24, 2.45) is 0 Å². The third-order valence-electron chi connectivity index (χ3n) is 4.65. The zero-order chi connectivity index (χ0) is 21.3. The Hall–Kier alpha value is -2.67. The summed E-state index contributed by atoms with van der Waals surface area (Å²) < 4.78 is 6.34. The number of hydrogen-bond acceptors (Lipinski definition) is 5. The average Bonchev–Trinajstić information content (AvgIpc) is 3.19. The first kappa shape index (κ1) is 20.6. The number of methoxy groups -OCH3 is 1. The minimum Gasteiger partial charge on any atom is -0.496 e. The molecule has 2 heterocycles. The summed E-state index contributed by atoms with van der Waals surface area (Å²) in [5.41, 5.74) is 2.75. The number of aromatic nitrogens is 2. The highest BCUT2D eigenvalue weighted by Gasteiger charge is 2.25. The highest BCUT2D eigenvalue weighted by atomic mass is 35.5. The standard InChI is InChI=1S/C22H17Cl2N3O2S/c1-13-17(24)7-9-19-20(13)26-22(30-19)27(12-15-5-3-4-10-25-15)21(28)16-11-14(23)6-8-18(16)29-2/h3-11H,12H2,1-2H3. The number of amides is 1. The molecule has 0 fully saturated rings. The van der Waals surface area contributed by atoms with Gasteiger partial charge in [-0.25, -0.2) is 4.98 Å². The largest absolute Gasteiger partial charge is 0.496 e. The van der Waals surface area contributed by atoms with E-state index < -0.39 is 0 Å². The summed E-state index contributed by atoms with van der Waals surface area (Å²) >= 11 is 13.9. The number of hydrogen-bond donors (Lipinski definition) is 0. The van der Waals surface area contributed by atoms with Crippen LogP contribution in [0.2, 0.25) is 10.0 Å². The summed E-state index contributed by atoms with van der Waals surface area (Å²) in [6, 6.07) is 14.3. The van der Waals surface area contributed by atoms with Crippen LogP contribution in [0.25, 0.3) is 10.2 Å².